The summed E-state index contributed by atoms with van der Waals surface area (Å²) in [6.45, 7) is 6.84. The Labute approximate surface area is 175 Å². The third-order valence-corrected chi connectivity index (χ3v) is 5.54. The molecule has 0 bridgehead atoms. The van der Waals surface area contributed by atoms with E-state index < -0.39 is 0 Å². The van der Waals surface area contributed by atoms with Gasteiger partial charge in [-0.2, -0.15) is 0 Å². The van der Waals surface area contributed by atoms with E-state index in [1.165, 1.54) is 17.3 Å². The fourth-order valence-corrected chi connectivity index (χ4v) is 3.87. The quantitative estimate of drug-likeness (QED) is 0.541. The van der Waals surface area contributed by atoms with Crippen LogP contribution in [0.4, 0.5) is 5.69 Å². The molecule has 0 saturated carbocycles. The van der Waals surface area contributed by atoms with E-state index in [-0.39, 0.29) is 11.2 Å². The molecule has 0 fully saturated rings. The first kappa shape index (κ1) is 20.9. The van der Waals surface area contributed by atoms with Gasteiger partial charge in [0.1, 0.15) is 5.75 Å². The van der Waals surface area contributed by atoms with E-state index in [4.69, 9.17) is 4.74 Å². The summed E-state index contributed by atoms with van der Waals surface area (Å²) in [4.78, 5) is 12.7. The number of methoxy groups -OCH3 is 1. The molecule has 1 heterocycles. The summed E-state index contributed by atoms with van der Waals surface area (Å²) < 4.78 is 7.40. The predicted octanol–water partition coefficient (Wildman–Crippen LogP) is 4.79. The molecule has 0 spiro atoms. The number of aryl methyl sites for hydroxylation is 1. The first-order valence-electron chi connectivity index (χ1n) is 9.64. The number of carbonyl (C=O) groups is 1. The molecule has 0 radical (unpaired) electrons. The topological polar surface area (TPSA) is 69.0 Å². The van der Waals surface area contributed by atoms with Gasteiger partial charge in [0.25, 0.3) is 0 Å². The zero-order valence-electron chi connectivity index (χ0n) is 17.2. The van der Waals surface area contributed by atoms with E-state index in [1.807, 2.05) is 43.3 Å². The van der Waals surface area contributed by atoms with E-state index in [9.17, 15) is 4.79 Å². The molecule has 0 aliphatic heterocycles. The van der Waals surface area contributed by atoms with Gasteiger partial charge in [-0.25, -0.2) is 0 Å². The number of rotatable bonds is 8. The summed E-state index contributed by atoms with van der Waals surface area (Å²) in [7, 11) is 1.59. The Morgan fingerprint density at radius 3 is 2.72 bits per heavy atom. The molecule has 1 N–H and O–H groups in total. The van der Waals surface area contributed by atoms with Crippen LogP contribution in [0.15, 0.2) is 53.7 Å². The molecule has 29 heavy (non-hydrogen) atoms. The van der Waals surface area contributed by atoms with Gasteiger partial charge < -0.3 is 14.6 Å². The lowest BCUT2D eigenvalue weighted by atomic mass is 10.1. The molecule has 1 aromatic heterocycles. The van der Waals surface area contributed by atoms with Crippen LogP contribution in [-0.4, -0.2) is 33.0 Å². The second-order valence-corrected chi connectivity index (χ2v) is 8.08. The van der Waals surface area contributed by atoms with Gasteiger partial charge in [0.15, 0.2) is 11.0 Å². The molecule has 2 aromatic carbocycles. The van der Waals surface area contributed by atoms with Crippen molar-refractivity contribution < 1.29 is 9.53 Å². The monoisotopic (exact) mass is 410 g/mol. The van der Waals surface area contributed by atoms with Gasteiger partial charge >= 0.3 is 0 Å². The SMILES string of the molecule is CCCn1c(SC(C)C(=O)Nc2ccccc2OC)nnc1-c1cccc(C)c1. The number of nitrogens with one attached hydrogen (secondary N) is 1. The smallest absolute Gasteiger partial charge is 0.237 e. The average molecular weight is 411 g/mol. The minimum absolute atomic E-state index is 0.109. The Morgan fingerprint density at radius 1 is 1.21 bits per heavy atom. The lowest BCUT2D eigenvalue weighted by Crippen LogP contribution is -2.23. The number of carbonyl (C=O) groups excluding carboxylic acids is 1. The highest BCUT2D eigenvalue weighted by Crippen LogP contribution is 2.29. The summed E-state index contributed by atoms with van der Waals surface area (Å²) in [5.74, 6) is 1.35. The minimum atomic E-state index is -0.343. The van der Waals surface area contributed by atoms with Gasteiger partial charge in [0.2, 0.25) is 5.91 Å². The molecule has 3 aromatic rings. The molecule has 0 aliphatic rings. The Hall–Kier alpha value is -2.80. The zero-order valence-corrected chi connectivity index (χ0v) is 18.0. The van der Waals surface area contributed by atoms with E-state index in [0.717, 1.165) is 29.5 Å². The van der Waals surface area contributed by atoms with Crippen LogP contribution in [0, 0.1) is 6.92 Å². The van der Waals surface area contributed by atoms with Gasteiger partial charge in [0.05, 0.1) is 18.0 Å². The molecule has 1 unspecified atom stereocenters. The van der Waals surface area contributed by atoms with Crippen molar-refractivity contribution in [3.05, 3.63) is 54.1 Å². The average Bonchev–Trinajstić information content (AvgIpc) is 3.11. The fraction of sp³-hybridized carbons (Fsp3) is 0.318. The number of thioether (sulfide) groups is 1. The molecule has 1 atom stereocenters. The van der Waals surface area contributed by atoms with Crippen LogP contribution in [0.5, 0.6) is 5.75 Å². The summed E-state index contributed by atoms with van der Waals surface area (Å²) >= 11 is 1.41. The van der Waals surface area contributed by atoms with Crippen molar-refractivity contribution in [3.8, 4) is 17.1 Å². The van der Waals surface area contributed by atoms with Crippen molar-refractivity contribution in [2.24, 2.45) is 0 Å². The van der Waals surface area contributed by atoms with Crippen molar-refractivity contribution in [1.82, 2.24) is 14.8 Å². The van der Waals surface area contributed by atoms with Crippen molar-refractivity contribution >= 4 is 23.4 Å². The van der Waals surface area contributed by atoms with Crippen LogP contribution in [0.3, 0.4) is 0 Å². The van der Waals surface area contributed by atoms with Crippen LogP contribution in [0.1, 0.15) is 25.8 Å². The van der Waals surface area contributed by atoms with Crippen LogP contribution in [0.25, 0.3) is 11.4 Å². The van der Waals surface area contributed by atoms with Crippen molar-refractivity contribution in [2.75, 3.05) is 12.4 Å². The van der Waals surface area contributed by atoms with E-state index in [0.29, 0.717) is 11.4 Å². The molecule has 3 rings (SSSR count). The van der Waals surface area contributed by atoms with Gasteiger partial charge in [-0.15, -0.1) is 10.2 Å². The van der Waals surface area contributed by atoms with Crippen molar-refractivity contribution in [1.29, 1.82) is 0 Å². The predicted molar refractivity (Wildman–Crippen MR) is 117 cm³/mol. The first-order valence-corrected chi connectivity index (χ1v) is 10.5. The fourth-order valence-electron chi connectivity index (χ4n) is 2.99. The lowest BCUT2D eigenvalue weighted by molar-refractivity contribution is -0.115. The molecular formula is C22H26N4O2S. The van der Waals surface area contributed by atoms with Gasteiger partial charge in [0, 0.05) is 12.1 Å². The van der Waals surface area contributed by atoms with Crippen molar-refractivity contribution in [2.45, 2.75) is 44.1 Å². The maximum absolute atomic E-state index is 12.7. The number of aromatic nitrogens is 3. The van der Waals surface area contributed by atoms with Gasteiger partial charge in [-0.3, -0.25) is 4.79 Å². The second-order valence-electron chi connectivity index (χ2n) is 6.78. The number of nitrogens with zero attached hydrogens (tertiary/aromatic N) is 3. The summed E-state index contributed by atoms with van der Waals surface area (Å²) in [5.41, 5.74) is 2.86. The highest BCUT2D eigenvalue weighted by atomic mass is 32.2. The third-order valence-electron chi connectivity index (χ3n) is 4.46. The highest BCUT2D eigenvalue weighted by Gasteiger charge is 2.21. The largest absolute Gasteiger partial charge is 0.495 e. The Kier molecular flexibility index (Phi) is 6.93. The number of hydrogen-bond acceptors (Lipinski definition) is 5. The standard InChI is InChI=1S/C22H26N4O2S/c1-5-13-26-20(17-10-8-9-15(2)14-17)24-25-22(26)29-16(3)21(27)23-18-11-6-7-12-19(18)28-4/h6-12,14,16H,5,13H2,1-4H3,(H,23,27). The molecule has 6 nitrogen and oxygen atoms in total. The number of anilines is 1. The van der Waals surface area contributed by atoms with Crippen LogP contribution in [-0.2, 0) is 11.3 Å². The Morgan fingerprint density at radius 2 is 2.00 bits per heavy atom. The summed E-state index contributed by atoms with van der Waals surface area (Å²) in [5, 5.41) is 12.1. The number of para-hydroxylation sites is 2. The lowest BCUT2D eigenvalue weighted by Gasteiger charge is -2.15. The first-order chi connectivity index (χ1) is 14.0. The van der Waals surface area contributed by atoms with Gasteiger partial charge in [-0.05, 0) is 38.5 Å². The Bertz CT molecular complexity index is 986. The van der Waals surface area contributed by atoms with Crippen LogP contribution < -0.4 is 10.1 Å². The maximum atomic E-state index is 12.7. The van der Waals surface area contributed by atoms with Crippen molar-refractivity contribution in [3.63, 3.8) is 0 Å². The minimum Gasteiger partial charge on any atom is -0.495 e. The van der Waals surface area contributed by atoms with E-state index in [2.05, 4.69) is 46.1 Å². The molecular weight excluding hydrogens is 384 g/mol. The van der Waals surface area contributed by atoms with Gasteiger partial charge in [-0.1, -0.05) is 54.6 Å². The molecule has 152 valence electrons. The van der Waals surface area contributed by atoms with Crippen LogP contribution in [0.2, 0.25) is 0 Å². The number of hydrogen-bond donors (Lipinski definition) is 1. The molecule has 7 heteroatoms. The summed E-state index contributed by atoms with van der Waals surface area (Å²) in [6.07, 6.45) is 0.951. The normalized spacial score (nSPS) is 11.9. The molecule has 0 saturated heterocycles. The number of amides is 1. The third kappa shape index (κ3) is 4.98. The molecule has 1 amide bonds. The second kappa shape index (κ2) is 9.60. The zero-order chi connectivity index (χ0) is 20.8. The maximum Gasteiger partial charge on any atom is 0.237 e. The van der Waals surface area contributed by atoms with E-state index >= 15 is 0 Å². The summed E-state index contributed by atoms with van der Waals surface area (Å²) in [6, 6.07) is 15.6. The van der Waals surface area contributed by atoms with Crippen LogP contribution >= 0.6 is 11.8 Å². The Balaban J connectivity index is 1.79. The van der Waals surface area contributed by atoms with E-state index in [1.54, 1.807) is 7.11 Å². The highest BCUT2D eigenvalue weighted by molar-refractivity contribution is 8.00. The number of benzene rings is 2. The number of ether oxygens (including phenoxy) is 1. The molecule has 0 aliphatic carbocycles.